The number of hydrogen-bond acceptors (Lipinski definition) is 2. The predicted molar refractivity (Wildman–Crippen MR) is 82.8 cm³/mol. The highest BCUT2D eigenvalue weighted by atomic mass is 15.0. The zero-order valence-corrected chi connectivity index (χ0v) is 12.6. The molecular formula is C17H23N3. The van der Waals surface area contributed by atoms with Gasteiger partial charge >= 0.3 is 0 Å². The summed E-state index contributed by atoms with van der Waals surface area (Å²) in [5, 5.41) is 0. The Hall–Kier alpha value is -1.61. The fourth-order valence-corrected chi connectivity index (χ4v) is 3.11. The Morgan fingerprint density at radius 3 is 2.60 bits per heavy atom. The molecule has 0 bridgehead atoms. The van der Waals surface area contributed by atoms with Gasteiger partial charge in [0.25, 0.3) is 0 Å². The van der Waals surface area contributed by atoms with Gasteiger partial charge in [-0.1, -0.05) is 24.1 Å². The van der Waals surface area contributed by atoms with Crippen molar-refractivity contribution >= 4 is 0 Å². The molecule has 1 heterocycles. The average Bonchev–Trinajstić information content (AvgIpc) is 2.74. The van der Waals surface area contributed by atoms with E-state index in [2.05, 4.69) is 44.0 Å². The first-order valence-electron chi connectivity index (χ1n) is 7.40. The van der Waals surface area contributed by atoms with Crippen LogP contribution >= 0.6 is 0 Å². The van der Waals surface area contributed by atoms with Crippen molar-refractivity contribution in [3.05, 3.63) is 40.8 Å². The normalized spacial score (nSPS) is 17.0. The smallest absolute Gasteiger partial charge is 0.114 e. The van der Waals surface area contributed by atoms with Crippen LogP contribution in [0.15, 0.2) is 18.2 Å². The van der Waals surface area contributed by atoms with Gasteiger partial charge in [-0.15, -0.1) is 0 Å². The molecule has 3 rings (SSSR count). The molecule has 106 valence electrons. The predicted octanol–water partition coefficient (Wildman–Crippen LogP) is 3.38. The molecule has 1 aliphatic rings. The van der Waals surface area contributed by atoms with Crippen LogP contribution in [0.2, 0.25) is 0 Å². The van der Waals surface area contributed by atoms with Gasteiger partial charge in [0.15, 0.2) is 0 Å². The molecule has 20 heavy (non-hydrogen) atoms. The number of H-pyrrole nitrogens is 1. The molecule has 2 aromatic rings. The van der Waals surface area contributed by atoms with E-state index in [9.17, 15) is 0 Å². The number of benzene rings is 1. The highest BCUT2D eigenvalue weighted by molar-refractivity contribution is 5.67. The number of imidazole rings is 1. The molecule has 0 radical (unpaired) electrons. The number of nitrogens with one attached hydrogen (secondary N) is 1. The molecule has 0 aliphatic heterocycles. The largest absolute Gasteiger partial charge is 0.345 e. The molecule has 3 N–H and O–H groups in total. The van der Waals surface area contributed by atoms with Crippen molar-refractivity contribution in [2.24, 2.45) is 5.73 Å². The minimum absolute atomic E-state index is 0.0980. The maximum absolute atomic E-state index is 5.99. The molecule has 3 heteroatoms. The van der Waals surface area contributed by atoms with Gasteiger partial charge in [-0.05, 0) is 45.2 Å². The number of rotatable bonds is 3. The molecule has 0 spiro atoms. The first-order chi connectivity index (χ1) is 9.55. The van der Waals surface area contributed by atoms with Crippen LogP contribution in [-0.4, -0.2) is 16.5 Å². The summed E-state index contributed by atoms with van der Waals surface area (Å²) in [5.41, 5.74) is 12.1. The van der Waals surface area contributed by atoms with Crippen molar-refractivity contribution < 1.29 is 0 Å². The van der Waals surface area contributed by atoms with Crippen LogP contribution in [-0.2, 0) is 5.41 Å². The van der Waals surface area contributed by atoms with Crippen molar-refractivity contribution in [1.82, 2.24) is 9.97 Å². The van der Waals surface area contributed by atoms with Gasteiger partial charge in [-0.2, -0.15) is 0 Å². The second kappa shape index (κ2) is 4.74. The number of nitrogens with two attached hydrogens (primary N) is 1. The van der Waals surface area contributed by atoms with E-state index in [1.807, 2.05) is 0 Å². The zero-order chi connectivity index (χ0) is 14.3. The van der Waals surface area contributed by atoms with Gasteiger partial charge < -0.3 is 10.7 Å². The Kier molecular flexibility index (Phi) is 3.17. The third-order valence-corrected chi connectivity index (χ3v) is 4.74. The third-order valence-electron chi connectivity index (χ3n) is 4.74. The van der Waals surface area contributed by atoms with Crippen LogP contribution in [0.4, 0.5) is 0 Å². The lowest BCUT2D eigenvalue weighted by Crippen LogP contribution is -2.42. The van der Waals surface area contributed by atoms with Gasteiger partial charge in [-0.25, -0.2) is 4.98 Å². The van der Waals surface area contributed by atoms with Crippen LogP contribution < -0.4 is 5.73 Å². The van der Waals surface area contributed by atoms with E-state index in [4.69, 9.17) is 10.7 Å². The quantitative estimate of drug-likeness (QED) is 0.897. The standard InChI is InChI=1S/C17H23N3/c1-11-5-6-12(2)14(9-11)15-13(3)19-16(20-15)17(10-18)7-4-8-17/h5-6,9H,4,7-8,10,18H2,1-3H3,(H,19,20). The summed E-state index contributed by atoms with van der Waals surface area (Å²) in [7, 11) is 0. The lowest BCUT2D eigenvalue weighted by molar-refractivity contribution is 0.239. The number of nitrogens with zero attached hydrogens (tertiary/aromatic N) is 1. The molecule has 3 nitrogen and oxygen atoms in total. The van der Waals surface area contributed by atoms with Gasteiger partial charge in [0.2, 0.25) is 0 Å². The Balaban J connectivity index is 2.07. The summed E-state index contributed by atoms with van der Waals surface area (Å²) in [6.07, 6.45) is 3.57. The third kappa shape index (κ3) is 1.97. The molecule has 1 aromatic carbocycles. The van der Waals surface area contributed by atoms with Crippen molar-refractivity contribution in [1.29, 1.82) is 0 Å². The zero-order valence-electron chi connectivity index (χ0n) is 12.6. The first kappa shape index (κ1) is 13.4. The summed E-state index contributed by atoms with van der Waals surface area (Å²) in [6.45, 7) is 7.06. The van der Waals surface area contributed by atoms with E-state index in [0.29, 0.717) is 6.54 Å². The lowest BCUT2D eigenvalue weighted by atomic mass is 9.68. The van der Waals surface area contributed by atoms with Gasteiger partial charge in [-0.3, -0.25) is 0 Å². The SMILES string of the molecule is Cc1ccc(C)c(-c2nc(C3(CN)CCC3)[nH]c2C)c1. The number of aryl methyl sites for hydroxylation is 3. The topological polar surface area (TPSA) is 54.7 Å². The fourth-order valence-electron chi connectivity index (χ4n) is 3.11. The van der Waals surface area contributed by atoms with E-state index >= 15 is 0 Å². The number of hydrogen-bond donors (Lipinski definition) is 2. The summed E-state index contributed by atoms with van der Waals surface area (Å²) in [4.78, 5) is 8.40. The van der Waals surface area contributed by atoms with E-state index in [1.165, 1.54) is 23.1 Å². The molecule has 1 aliphatic carbocycles. The van der Waals surface area contributed by atoms with Gasteiger partial charge in [0, 0.05) is 23.2 Å². The Morgan fingerprint density at radius 1 is 1.25 bits per heavy atom. The van der Waals surface area contributed by atoms with Crippen molar-refractivity contribution in [3.63, 3.8) is 0 Å². The fraction of sp³-hybridized carbons (Fsp3) is 0.471. The van der Waals surface area contributed by atoms with Crippen LogP contribution in [0.25, 0.3) is 11.3 Å². The van der Waals surface area contributed by atoms with Crippen LogP contribution in [0.5, 0.6) is 0 Å². The first-order valence-corrected chi connectivity index (χ1v) is 7.40. The molecular weight excluding hydrogens is 246 g/mol. The van der Waals surface area contributed by atoms with Crippen molar-refractivity contribution in [2.45, 2.75) is 45.4 Å². The second-order valence-corrected chi connectivity index (χ2v) is 6.22. The van der Waals surface area contributed by atoms with Crippen LogP contribution in [0, 0.1) is 20.8 Å². The van der Waals surface area contributed by atoms with Crippen molar-refractivity contribution in [2.75, 3.05) is 6.54 Å². The highest BCUT2D eigenvalue weighted by Gasteiger charge is 2.40. The van der Waals surface area contributed by atoms with E-state index in [-0.39, 0.29) is 5.41 Å². The summed E-state index contributed by atoms with van der Waals surface area (Å²) >= 11 is 0. The van der Waals surface area contributed by atoms with Crippen LogP contribution in [0.1, 0.15) is 41.9 Å². The average molecular weight is 269 g/mol. The molecule has 0 amide bonds. The Morgan fingerprint density at radius 2 is 2.00 bits per heavy atom. The molecule has 1 aromatic heterocycles. The Bertz CT molecular complexity index is 630. The van der Waals surface area contributed by atoms with Gasteiger partial charge in [0.05, 0.1) is 5.69 Å². The van der Waals surface area contributed by atoms with Crippen molar-refractivity contribution in [3.8, 4) is 11.3 Å². The van der Waals surface area contributed by atoms with E-state index in [0.717, 1.165) is 30.1 Å². The molecule has 1 fully saturated rings. The Labute approximate surface area is 120 Å². The minimum atomic E-state index is 0.0980. The van der Waals surface area contributed by atoms with Crippen LogP contribution in [0.3, 0.4) is 0 Å². The number of aromatic amines is 1. The summed E-state index contributed by atoms with van der Waals surface area (Å²) in [6, 6.07) is 6.54. The molecule has 1 saturated carbocycles. The maximum atomic E-state index is 5.99. The molecule has 0 saturated heterocycles. The monoisotopic (exact) mass is 269 g/mol. The van der Waals surface area contributed by atoms with E-state index < -0.39 is 0 Å². The molecule has 0 unspecified atom stereocenters. The van der Waals surface area contributed by atoms with E-state index in [1.54, 1.807) is 0 Å². The summed E-state index contributed by atoms with van der Waals surface area (Å²) in [5.74, 6) is 1.08. The lowest BCUT2D eigenvalue weighted by Gasteiger charge is -2.39. The minimum Gasteiger partial charge on any atom is -0.345 e. The summed E-state index contributed by atoms with van der Waals surface area (Å²) < 4.78 is 0. The highest BCUT2D eigenvalue weighted by Crippen LogP contribution is 2.42. The number of aromatic nitrogens is 2. The molecule has 0 atom stereocenters. The second-order valence-electron chi connectivity index (χ2n) is 6.22. The maximum Gasteiger partial charge on any atom is 0.114 e. The van der Waals surface area contributed by atoms with Gasteiger partial charge in [0.1, 0.15) is 5.82 Å².